The molecule has 1 aliphatic heterocycles. The minimum Gasteiger partial charge on any atom is -0.497 e. The zero-order valence-electron chi connectivity index (χ0n) is 22.3. The molecule has 1 fully saturated rings. The number of methoxy groups -OCH3 is 1. The van der Waals surface area contributed by atoms with Gasteiger partial charge in [-0.05, 0) is 62.3 Å². The molecule has 0 spiro atoms. The Kier molecular flexibility index (Phi) is 10.9. The number of halogens is 1. The van der Waals surface area contributed by atoms with Crippen LogP contribution >= 0.6 is 23.7 Å². The lowest BCUT2D eigenvalue weighted by Crippen LogP contribution is -2.39. The predicted octanol–water partition coefficient (Wildman–Crippen LogP) is 5.28. The fourth-order valence-corrected chi connectivity index (χ4v) is 7.05. The molecule has 3 aromatic rings. The highest BCUT2D eigenvalue weighted by Gasteiger charge is 2.27. The van der Waals surface area contributed by atoms with E-state index in [0.29, 0.717) is 42.6 Å². The van der Waals surface area contributed by atoms with E-state index in [-0.39, 0.29) is 23.2 Å². The largest absolute Gasteiger partial charge is 0.497 e. The molecule has 0 saturated carbocycles. The molecular formula is C27H37ClN4O4S2. The lowest BCUT2D eigenvalue weighted by Gasteiger charge is -2.25. The SMILES string of the molecule is CCN(CC)CCN(C(=O)c1ccc(S(=O)(=O)N2CCCCCC2)cc1)c1nc2cc(OC)ccc2s1.Cl. The van der Waals surface area contributed by atoms with Gasteiger partial charge in [0.15, 0.2) is 5.13 Å². The molecule has 2 aromatic carbocycles. The van der Waals surface area contributed by atoms with Gasteiger partial charge in [0.1, 0.15) is 5.75 Å². The monoisotopic (exact) mass is 580 g/mol. The topological polar surface area (TPSA) is 83.1 Å². The van der Waals surface area contributed by atoms with Gasteiger partial charge in [-0.25, -0.2) is 13.4 Å². The van der Waals surface area contributed by atoms with Crippen molar-refractivity contribution in [3.63, 3.8) is 0 Å². The normalized spacial score (nSPS) is 14.7. The van der Waals surface area contributed by atoms with Crippen molar-refractivity contribution in [1.29, 1.82) is 0 Å². The zero-order chi connectivity index (χ0) is 26.4. The first-order valence-corrected chi connectivity index (χ1v) is 15.2. The zero-order valence-corrected chi connectivity index (χ0v) is 24.7. The Morgan fingerprint density at radius 3 is 2.26 bits per heavy atom. The molecule has 1 amide bonds. The van der Waals surface area contributed by atoms with E-state index in [1.165, 1.54) is 11.3 Å². The lowest BCUT2D eigenvalue weighted by molar-refractivity contribution is 0.0983. The molecule has 0 bridgehead atoms. The molecule has 208 valence electrons. The number of anilines is 1. The maximum absolute atomic E-state index is 13.7. The first kappa shape index (κ1) is 30.3. The molecule has 1 saturated heterocycles. The summed E-state index contributed by atoms with van der Waals surface area (Å²) in [5, 5.41) is 0.613. The Hall–Kier alpha value is -2.24. The van der Waals surface area contributed by atoms with Gasteiger partial charge in [0.25, 0.3) is 5.91 Å². The maximum Gasteiger partial charge on any atom is 0.260 e. The summed E-state index contributed by atoms with van der Waals surface area (Å²) in [5.74, 6) is 0.517. The van der Waals surface area contributed by atoms with Crippen LogP contribution in [-0.2, 0) is 10.0 Å². The van der Waals surface area contributed by atoms with Gasteiger partial charge < -0.3 is 9.64 Å². The average molecular weight is 581 g/mol. The highest BCUT2D eigenvalue weighted by Crippen LogP contribution is 2.32. The fourth-order valence-electron chi connectivity index (χ4n) is 4.56. The highest BCUT2D eigenvalue weighted by atomic mass is 35.5. The van der Waals surface area contributed by atoms with E-state index in [0.717, 1.165) is 49.0 Å². The minimum absolute atomic E-state index is 0. The van der Waals surface area contributed by atoms with Crippen molar-refractivity contribution in [2.24, 2.45) is 0 Å². The summed E-state index contributed by atoms with van der Waals surface area (Å²) in [6.07, 6.45) is 3.87. The van der Waals surface area contributed by atoms with E-state index < -0.39 is 10.0 Å². The van der Waals surface area contributed by atoms with Crippen molar-refractivity contribution in [3.8, 4) is 5.75 Å². The highest BCUT2D eigenvalue weighted by molar-refractivity contribution is 7.89. The summed E-state index contributed by atoms with van der Waals surface area (Å²) < 4.78 is 34.2. The second-order valence-corrected chi connectivity index (χ2v) is 12.1. The third-order valence-electron chi connectivity index (χ3n) is 6.90. The van der Waals surface area contributed by atoms with Crippen molar-refractivity contribution in [1.82, 2.24) is 14.2 Å². The number of rotatable bonds is 10. The average Bonchev–Trinajstić information content (AvgIpc) is 3.13. The van der Waals surface area contributed by atoms with Gasteiger partial charge in [0.05, 0.1) is 22.2 Å². The predicted molar refractivity (Wildman–Crippen MR) is 157 cm³/mol. The van der Waals surface area contributed by atoms with Crippen LogP contribution in [0.15, 0.2) is 47.4 Å². The maximum atomic E-state index is 13.7. The molecule has 2 heterocycles. The van der Waals surface area contributed by atoms with Gasteiger partial charge in [-0.2, -0.15) is 4.31 Å². The van der Waals surface area contributed by atoms with Crippen LogP contribution in [0.5, 0.6) is 5.75 Å². The number of sulfonamides is 1. The van der Waals surface area contributed by atoms with E-state index in [1.54, 1.807) is 40.6 Å². The Balaban J connectivity index is 0.00000400. The minimum atomic E-state index is -3.57. The van der Waals surface area contributed by atoms with Crippen LogP contribution in [0.2, 0.25) is 0 Å². The van der Waals surface area contributed by atoms with Crippen molar-refractivity contribution >= 4 is 55.0 Å². The molecule has 1 aliphatic rings. The van der Waals surface area contributed by atoms with Gasteiger partial charge in [-0.1, -0.05) is 38.0 Å². The van der Waals surface area contributed by atoms with Crippen LogP contribution in [-0.4, -0.2) is 74.9 Å². The number of likely N-dealkylation sites (N-methyl/N-ethyl adjacent to an activating group) is 1. The van der Waals surface area contributed by atoms with Crippen LogP contribution in [0, 0.1) is 0 Å². The molecule has 0 radical (unpaired) electrons. The van der Waals surface area contributed by atoms with Crippen LogP contribution in [0.4, 0.5) is 5.13 Å². The number of hydrogen-bond acceptors (Lipinski definition) is 7. The van der Waals surface area contributed by atoms with E-state index in [2.05, 4.69) is 18.7 Å². The molecule has 11 heteroatoms. The molecule has 0 atom stereocenters. The van der Waals surface area contributed by atoms with Gasteiger partial charge in [0, 0.05) is 37.8 Å². The smallest absolute Gasteiger partial charge is 0.260 e. The summed E-state index contributed by atoms with van der Waals surface area (Å²) in [7, 11) is -1.96. The number of carbonyl (C=O) groups excluding carboxylic acids is 1. The fraction of sp³-hybridized carbons (Fsp3) is 0.481. The molecule has 38 heavy (non-hydrogen) atoms. The third-order valence-corrected chi connectivity index (χ3v) is 9.87. The van der Waals surface area contributed by atoms with Crippen molar-refractivity contribution in [2.75, 3.05) is 51.3 Å². The first-order valence-electron chi connectivity index (χ1n) is 13.0. The second kappa shape index (κ2) is 13.7. The summed E-state index contributed by atoms with van der Waals surface area (Å²) in [6, 6.07) is 12.0. The standard InChI is InChI=1S/C27H36N4O4S2.ClH/c1-4-29(5-2)18-19-31(27-28-24-20-22(35-3)12-15-25(24)36-27)26(32)21-10-13-23(14-11-21)37(33,34)30-16-8-6-7-9-17-30;/h10-15,20H,4-9,16-19H2,1-3H3;1H. The van der Waals surface area contributed by atoms with E-state index in [4.69, 9.17) is 9.72 Å². The first-order chi connectivity index (χ1) is 17.9. The number of fused-ring (bicyclic) bond motifs is 1. The summed E-state index contributed by atoms with van der Waals surface area (Å²) >= 11 is 1.46. The number of thiazole rings is 1. The van der Waals surface area contributed by atoms with Crippen molar-refractivity contribution in [3.05, 3.63) is 48.0 Å². The molecular weight excluding hydrogens is 544 g/mol. The van der Waals surface area contributed by atoms with Crippen LogP contribution < -0.4 is 9.64 Å². The molecule has 1 aromatic heterocycles. The number of benzene rings is 2. The third kappa shape index (κ3) is 6.84. The van der Waals surface area contributed by atoms with Gasteiger partial charge in [-0.15, -0.1) is 12.4 Å². The van der Waals surface area contributed by atoms with Crippen molar-refractivity contribution in [2.45, 2.75) is 44.4 Å². The summed E-state index contributed by atoms with van der Waals surface area (Å²) in [6.45, 7) is 8.25. The number of nitrogens with zero attached hydrogens (tertiary/aromatic N) is 4. The molecule has 0 unspecified atom stereocenters. The number of aromatic nitrogens is 1. The van der Waals surface area contributed by atoms with E-state index >= 15 is 0 Å². The Labute approximate surface area is 236 Å². The summed E-state index contributed by atoms with van der Waals surface area (Å²) in [4.78, 5) is 22.7. The molecule has 8 nitrogen and oxygen atoms in total. The molecule has 0 aliphatic carbocycles. The Bertz CT molecular complexity index is 1300. The van der Waals surface area contributed by atoms with Crippen LogP contribution in [0.3, 0.4) is 0 Å². The Morgan fingerprint density at radius 1 is 1.00 bits per heavy atom. The van der Waals surface area contributed by atoms with Gasteiger partial charge in [-0.3, -0.25) is 9.69 Å². The molecule has 4 rings (SSSR count). The van der Waals surface area contributed by atoms with Gasteiger partial charge >= 0.3 is 0 Å². The van der Waals surface area contributed by atoms with Gasteiger partial charge in [0.2, 0.25) is 10.0 Å². The van der Waals surface area contributed by atoms with E-state index in [1.807, 2.05) is 18.2 Å². The van der Waals surface area contributed by atoms with Crippen molar-refractivity contribution < 1.29 is 17.9 Å². The molecule has 0 N–H and O–H groups in total. The Morgan fingerprint density at radius 2 is 1.66 bits per heavy atom. The number of hydrogen-bond donors (Lipinski definition) is 0. The number of amides is 1. The number of carbonyl (C=O) groups is 1. The van der Waals surface area contributed by atoms with Crippen LogP contribution in [0.25, 0.3) is 10.2 Å². The van der Waals surface area contributed by atoms with E-state index in [9.17, 15) is 13.2 Å². The number of ether oxygens (including phenoxy) is 1. The quantitative estimate of drug-likeness (QED) is 0.324. The second-order valence-electron chi connectivity index (χ2n) is 9.16. The van der Waals surface area contributed by atoms with Crippen LogP contribution in [0.1, 0.15) is 49.9 Å². The summed E-state index contributed by atoms with van der Waals surface area (Å²) in [5.41, 5.74) is 1.21. The lowest BCUT2D eigenvalue weighted by atomic mass is 10.2.